The summed E-state index contributed by atoms with van der Waals surface area (Å²) in [6, 6.07) is 7.32. The molecule has 1 saturated heterocycles. The first-order valence-corrected chi connectivity index (χ1v) is 8.00. The zero-order valence-corrected chi connectivity index (χ0v) is 14.5. The zero-order valence-electron chi connectivity index (χ0n) is 12.1. The lowest BCUT2D eigenvalue weighted by atomic mass is 9.95. The summed E-state index contributed by atoms with van der Waals surface area (Å²) in [5.74, 6) is -1.09. The predicted molar refractivity (Wildman–Crippen MR) is 84.8 cm³/mol. The molecule has 0 bridgehead atoms. The highest BCUT2D eigenvalue weighted by molar-refractivity contribution is 9.10. The smallest absolute Gasteiger partial charge is 0.304 e. The van der Waals surface area contributed by atoms with E-state index < -0.39 is 22.4 Å². The lowest BCUT2D eigenvalue weighted by Gasteiger charge is -2.23. The summed E-state index contributed by atoms with van der Waals surface area (Å²) in [4.78, 5) is 16.0. The molecule has 2 rings (SSSR count). The zero-order chi connectivity index (χ0) is 16.8. The molecule has 1 unspecified atom stereocenters. The molecule has 1 atom stereocenters. The van der Waals surface area contributed by atoms with Crippen LogP contribution in [0.1, 0.15) is 26.3 Å². The average molecular weight is 395 g/mol. The van der Waals surface area contributed by atoms with Crippen molar-refractivity contribution in [1.82, 2.24) is 5.32 Å². The van der Waals surface area contributed by atoms with Crippen LogP contribution in [-0.2, 0) is 10.3 Å². The molecule has 22 heavy (non-hydrogen) atoms. The van der Waals surface area contributed by atoms with E-state index in [-0.39, 0.29) is 5.17 Å². The lowest BCUT2D eigenvalue weighted by molar-refractivity contribution is -0.166. The number of hydrogen-bond acceptors (Lipinski definition) is 3. The highest BCUT2D eigenvalue weighted by atomic mass is 79.9. The number of carbonyl (C=O) groups is 1. The molecule has 1 heterocycles. The number of amidine groups is 1. The number of rotatable bonds is 2. The van der Waals surface area contributed by atoms with E-state index in [0.29, 0.717) is 11.8 Å². The Morgan fingerprint density at radius 1 is 1.27 bits per heavy atom. The van der Waals surface area contributed by atoms with Crippen LogP contribution >= 0.6 is 27.7 Å². The number of aliphatic imine (C=N–C) groups is 1. The van der Waals surface area contributed by atoms with E-state index in [1.165, 1.54) is 0 Å². The summed E-state index contributed by atoms with van der Waals surface area (Å²) in [5, 5.41) is 2.21. The normalized spacial score (nSPS) is 24.7. The van der Waals surface area contributed by atoms with Crippen LogP contribution in [0.25, 0.3) is 0 Å². The summed E-state index contributed by atoms with van der Waals surface area (Å²) >= 11 is 3.81. The van der Waals surface area contributed by atoms with Crippen molar-refractivity contribution in [3.63, 3.8) is 0 Å². The molecule has 1 fully saturated rings. The fourth-order valence-electron chi connectivity index (χ4n) is 1.99. The van der Waals surface area contributed by atoms with Crippen LogP contribution in [0, 0.1) is 0 Å². The van der Waals surface area contributed by atoms with Crippen molar-refractivity contribution in [2.45, 2.75) is 37.2 Å². The second kappa shape index (κ2) is 5.56. The first kappa shape index (κ1) is 17.3. The number of nitrogens with zero attached hydrogens (tertiary/aromatic N) is 1. The number of thioether (sulfide) groups is 1. The molecule has 1 aliphatic rings. The topological polar surface area (TPSA) is 41.5 Å². The maximum absolute atomic E-state index is 13.0. The van der Waals surface area contributed by atoms with Crippen LogP contribution in [0.2, 0.25) is 0 Å². The molecule has 0 aliphatic carbocycles. The number of halogens is 4. The SMILES string of the molecule is CC(C)(N=C1NC(=O)C(C)(C(F)(F)F)S1)c1ccccc1Br. The third kappa shape index (κ3) is 3.03. The second-order valence-corrected chi connectivity index (χ2v) is 7.80. The van der Waals surface area contributed by atoms with Crippen LogP contribution in [0.15, 0.2) is 33.7 Å². The van der Waals surface area contributed by atoms with E-state index in [4.69, 9.17) is 0 Å². The standard InChI is InChI=1S/C14H14BrF3N2OS/c1-12(2,8-6-4-5-7-9(8)15)20-11-19-10(21)13(3,22-11)14(16,17)18/h4-7H,1-3H3,(H,19,20,21). The Hall–Kier alpha value is -1.02. The quantitative estimate of drug-likeness (QED) is 0.815. The van der Waals surface area contributed by atoms with Gasteiger partial charge in [0.1, 0.15) is 0 Å². The third-order valence-corrected chi connectivity index (χ3v) is 5.31. The molecular weight excluding hydrogens is 381 g/mol. The van der Waals surface area contributed by atoms with Gasteiger partial charge in [-0.3, -0.25) is 9.79 Å². The molecule has 120 valence electrons. The van der Waals surface area contributed by atoms with Gasteiger partial charge in [0.2, 0.25) is 0 Å². The van der Waals surface area contributed by atoms with Crippen molar-refractivity contribution in [3.05, 3.63) is 34.3 Å². The van der Waals surface area contributed by atoms with Gasteiger partial charge in [-0.25, -0.2) is 0 Å². The minimum absolute atomic E-state index is 0.0226. The van der Waals surface area contributed by atoms with Gasteiger partial charge >= 0.3 is 6.18 Å². The maximum atomic E-state index is 13.0. The molecule has 1 aromatic carbocycles. The van der Waals surface area contributed by atoms with E-state index in [1.54, 1.807) is 13.8 Å². The van der Waals surface area contributed by atoms with E-state index >= 15 is 0 Å². The molecule has 8 heteroatoms. The molecule has 1 aromatic rings. The Bertz CT molecular complexity index is 645. The Labute approximate surface area is 138 Å². The van der Waals surface area contributed by atoms with Crippen LogP contribution in [0.4, 0.5) is 13.2 Å². The number of carbonyl (C=O) groups excluding carboxylic acids is 1. The lowest BCUT2D eigenvalue weighted by Crippen LogP contribution is -2.46. The van der Waals surface area contributed by atoms with Crippen molar-refractivity contribution in [2.24, 2.45) is 4.99 Å². The molecule has 1 N–H and O–H groups in total. The highest BCUT2D eigenvalue weighted by Gasteiger charge is 2.62. The summed E-state index contributed by atoms with van der Waals surface area (Å²) in [6.45, 7) is 4.41. The Kier molecular flexibility index (Phi) is 4.38. The van der Waals surface area contributed by atoms with Gasteiger partial charge in [-0.15, -0.1) is 0 Å². The van der Waals surface area contributed by atoms with E-state index in [9.17, 15) is 18.0 Å². The molecule has 0 spiro atoms. The molecular formula is C14H14BrF3N2OS. The monoisotopic (exact) mass is 394 g/mol. The van der Waals surface area contributed by atoms with Gasteiger partial charge in [0, 0.05) is 4.47 Å². The van der Waals surface area contributed by atoms with Crippen molar-refractivity contribution in [2.75, 3.05) is 0 Å². The van der Waals surface area contributed by atoms with E-state index in [1.807, 2.05) is 24.3 Å². The number of nitrogens with one attached hydrogen (secondary N) is 1. The minimum atomic E-state index is -4.64. The van der Waals surface area contributed by atoms with Crippen LogP contribution in [0.3, 0.4) is 0 Å². The molecule has 1 aliphatic heterocycles. The Morgan fingerprint density at radius 3 is 2.36 bits per heavy atom. The number of hydrogen-bond donors (Lipinski definition) is 1. The fraction of sp³-hybridized carbons (Fsp3) is 0.429. The van der Waals surface area contributed by atoms with E-state index in [0.717, 1.165) is 17.0 Å². The van der Waals surface area contributed by atoms with Crippen LogP contribution < -0.4 is 5.32 Å². The van der Waals surface area contributed by atoms with Crippen molar-refractivity contribution >= 4 is 38.8 Å². The van der Waals surface area contributed by atoms with Crippen molar-refractivity contribution < 1.29 is 18.0 Å². The highest BCUT2D eigenvalue weighted by Crippen LogP contribution is 2.46. The van der Waals surface area contributed by atoms with E-state index in [2.05, 4.69) is 26.2 Å². The van der Waals surface area contributed by atoms with Crippen LogP contribution in [0.5, 0.6) is 0 Å². The molecule has 0 radical (unpaired) electrons. The summed E-state index contributed by atoms with van der Waals surface area (Å²) < 4.78 is 37.4. The third-order valence-electron chi connectivity index (χ3n) is 3.41. The van der Waals surface area contributed by atoms with Crippen molar-refractivity contribution in [1.29, 1.82) is 0 Å². The summed E-state index contributed by atoms with van der Waals surface area (Å²) in [5.41, 5.74) is 0.0324. The Balaban J connectivity index is 2.36. The predicted octanol–water partition coefficient (Wildman–Crippen LogP) is 4.22. The van der Waals surface area contributed by atoms with Gasteiger partial charge in [0.15, 0.2) is 9.91 Å². The molecule has 1 amide bonds. The van der Waals surface area contributed by atoms with Gasteiger partial charge in [-0.1, -0.05) is 45.9 Å². The van der Waals surface area contributed by atoms with Gasteiger partial charge in [0.05, 0.1) is 5.54 Å². The minimum Gasteiger partial charge on any atom is -0.304 e. The number of amides is 1. The van der Waals surface area contributed by atoms with Gasteiger partial charge in [0.25, 0.3) is 5.91 Å². The number of alkyl halides is 3. The molecule has 0 aromatic heterocycles. The summed E-state index contributed by atoms with van der Waals surface area (Å²) in [7, 11) is 0. The first-order valence-electron chi connectivity index (χ1n) is 6.39. The van der Waals surface area contributed by atoms with Crippen molar-refractivity contribution in [3.8, 4) is 0 Å². The molecule has 0 saturated carbocycles. The fourth-order valence-corrected chi connectivity index (χ4v) is 3.82. The Morgan fingerprint density at radius 2 is 1.86 bits per heavy atom. The summed E-state index contributed by atoms with van der Waals surface area (Å²) in [6.07, 6.45) is -4.64. The van der Waals surface area contributed by atoms with Gasteiger partial charge < -0.3 is 5.32 Å². The average Bonchev–Trinajstić information content (AvgIpc) is 2.64. The first-order chi connectivity index (χ1) is 9.97. The molecule has 3 nitrogen and oxygen atoms in total. The maximum Gasteiger partial charge on any atom is 0.412 e. The number of benzene rings is 1. The largest absolute Gasteiger partial charge is 0.412 e. The second-order valence-electron chi connectivity index (χ2n) is 5.54. The van der Waals surface area contributed by atoms with Gasteiger partial charge in [-0.2, -0.15) is 13.2 Å². The van der Waals surface area contributed by atoms with Crippen LogP contribution in [-0.4, -0.2) is 22.0 Å². The van der Waals surface area contributed by atoms with Gasteiger partial charge in [-0.05, 0) is 32.4 Å².